The van der Waals surface area contributed by atoms with E-state index >= 15 is 0 Å². The van der Waals surface area contributed by atoms with Crippen LogP contribution in [0.15, 0.2) is 42.5 Å². The molecule has 0 aromatic heterocycles. The summed E-state index contributed by atoms with van der Waals surface area (Å²) in [5, 5.41) is 46.8. The van der Waals surface area contributed by atoms with Crippen LogP contribution in [0.2, 0.25) is 0 Å². The van der Waals surface area contributed by atoms with Crippen LogP contribution < -0.4 is 70.8 Å². The van der Waals surface area contributed by atoms with Crippen molar-refractivity contribution in [1.29, 1.82) is 0 Å². The Morgan fingerprint density at radius 1 is 0.593 bits per heavy atom. The van der Waals surface area contributed by atoms with E-state index in [2.05, 4.69) is 47.9 Å². The normalized spacial score (nSPS) is 13.7. The molecule has 2 rings (SSSR count). The summed E-state index contributed by atoms with van der Waals surface area (Å²) in [7, 11) is 0. The molecular formula is C53H85N15O13. The highest BCUT2D eigenvalue weighted by Gasteiger charge is 2.36. The first-order valence-corrected chi connectivity index (χ1v) is 27.4. The fourth-order valence-corrected chi connectivity index (χ4v) is 8.17. The molecule has 0 spiro atoms. The minimum Gasteiger partial charge on any atom is -0.398 e. The van der Waals surface area contributed by atoms with Crippen LogP contribution in [-0.2, 0) is 38.4 Å². The van der Waals surface area contributed by atoms with E-state index in [1.807, 2.05) is 6.92 Å². The van der Waals surface area contributed by atoms with E-state index in [-0.39, 0.29) is 62.8 Å². The van der Waals surface area contributed by atoms with Gasteiger partial charge >= 0.3 is 0 Å². The van der Waals surface area contributed by atoms with Crippen molar-refractivity contribution in [2.75, 3.05) is 43.8 Å². The molecule has 81 heavy (non-hydrogen) atoms. The third-order valence-corrected chi connectivity index (χ3v) is 13.2. The van der Waals surface area contributed by atoms with Gasteiger partial charge in [0.25, 0.3) is 17.3 Å². The molecule has 1 unspecified atom stereocenters. The molecule has 0 aliphatic carbocycles. The summed E-state index contributed by atoms with van der Waals surface area (Å²) in [6, 6.07) is 2.55. The third-order valence-electron chi connectivity index (χ3n) is 13.2. The Hall–Kier alpha value is -8.01. The van der Waals surface area contributed by atoms with Gasteiger partial charge in [-0.1, -0.05) is 60.1 Å². The minimum atomic E-state index is -1.39. The molecule has 0 saturated carbocycles. The van der Waals surface area contributed by atoms with Gasteiger partial charge in [-0.25, -0.2) is 0 Å². The number of amides is 9. The van der Waals surface area contributed by atoms with Crippen molar-refractivity contribution in [3.05, 3.63) is 68.3 Å². The third kappa shape index (κ3) is 24.9. The number of rotatable bonds is 39. The molecule has 28 nitrogen and oxygen atoms in total. The van der Waals surface area contributed by atoms with Gasteiger partial charge in [-0.15, -0.1) is 0 Å². The number of non-ortho nitro benzene ring substituents is 1. The van der Waals surface area contributed by atoms with Gasteiger partial charge in [0.05, 0.1) is 34.1 Å². The van der Waals surface area contributed by atoms with Gasteiger partial charge in [-0.05, 0) is 107 Å². The highest BCUT2D eigenvalue weighted by atomic mass is 16.6. The lowest BCUT2D eigenvalue weighted by Gasteiger charge is -2.30. The van der Waals surface area contributed by atoms with Gasteiger partial charge in [0.2, 0.25) is 47.3 Å². The number of carbonyl (C=O) groups excluding carboxylic acids is 9. The minimum absolute atomic E-state index is 0.0779. The zero-order valence-corrected chi connectivity index (χ0v) is 47.3. The molecule has 0 aliphatic heterocycles. The summed E-state index contributed by atoms with van der Waals surface area (Å²) in [5.41, 5.74) is 23.0. The van der Waals surface area contributed by atoms with Crippen molar-refractivity contribution in [2.24, 2.45) is 35.0 Å². The summed E-state index contributed by atoms with van der Waals surface area (Å²) < 4.78 is 0. The standard InChI is InChI=1S/C53H85N15O13/c1-7-33(6)46(51(75)61-30-42(57)69)66-53(77)45(32(4)5)65-49(73)39(20-11-13-25-54)63-52(76)44(31(2)3)64-50(74)40(62-48(72)37(56)19-12-16-28-60-47(71)35-17-9-10-18-36(35)55)23-24-43(70)59-27-15-8-14-26-58-38-22-21-34(67(78)79)29-41(38)68(80)81/h9-10,17-18,21-22,29,31-33,37,39-40,44-46,58H,7-8,11-16,19-20,23-28,30,54-56H2,1-6H3,(H2,57,69)(H,59,70)(H,60,71)(H,61,75)(H,62,72)(H,63,76)(H,64,74)(H,65,73)(H,66,77)/t33?,37-,39-,40-,44-,45-,46-/m0/s1. The van der Waals surface area contributed by atoms with Gasteiger partial charge in [0.1, 0.15) is 35.9 Å². The Bertz CT molecular complexity index is 2460. The molecule has 0 bridgehead atoms. The van der Waals surface area contributed by atoms with E-state index in [1.165, 1.54) is 6.07 Å². The van der Waals surface area contributed by atoms with Crippen LogP contribution in [-0.4, -0.2) is 132 Å². The van der Waals surface area contributed by atoms with Gasteiger partial charge in [0, 0.05) is 37.8 Å². The molecule has 0 fully saturated rings. The molecule has 17 N–H and O–H groups in total. The number of anilines is 2. The average molecular weight is 1140 g/mol. The fraction of sp³-hybridized carbons (Fsp3) is 0.604. The molecule has 0 heterocycles. The van der Waals surface area contributed by atoms with Crippen LogP contribution in [0.4, 0.5) is 22.7 Å². The fourth-order valence-electron chi connectivity index (χ4n) is 8.17. The second kappa shape index (κ2) is 36.3. The molecule has 2 aromatic carbocycles. The average Bonchev–Trinajstić information content (AvgIpc) is 3.42. The van der Waals surface area contributed by atoms with Crippen LogP contribution in [0.3, 0.4) is 0 Å². The zero-order chi connectivity index (χ0) is 60.8. The van der Waals surface area contributed by atoms with Crippen molar-refractivity contribution in [2.45, 2.75) is 155 Å². The monoisotopic (exact) mass is 1140 g/mol. The molecule has 2 aromatic rings. The lowest BCUT2D eigenvalue weighted by atomic mass is 9.96. The highest BCUT2D eigenvalue weighted by molar-refractivity contribution is 5.99. The largest absolute Gasteiger partial charge is 0.398 e. The first-order chi connectivity index (χ1) is 38.3. The van der Waals surface area contributed by atoms with Gasteiger partial charge in [0.15, 0.2) is 0 Å². The molecule has 28 heteroatoms. The van der Waals surface area contributed by atoms with E-state index in [4.69, 9.17) is 22.9 Å². The number of nitrogens with one attached hydrogen (secondary N) is 9. The maximum Gasteiger partial charge on any atom is 0.299 e. The van der Waals surface area contributed by atoms with Gasteiger partial charge < -0.3 is 70.8 Å². The SMILES string of the molecule is CCC(C)[C@H](NC(=O)[C@@H](NC(=O)[C@H](CCCCN)NC(=O)[C@@H](NC(=O)[C@H](CCC(=O)NCCCCCNc1ccc([N+](=O)[O-])cc1[N+](=O)[O-])NC(=O)[C@@H](N)CCCCNC(=O)c1ccccc1N)C(C)C)C(C)C)C(=O)NCC(N)=O. The Morgan fingerprint density at radius 3 is 1.73 bits per heavy atom. The Labute approximate surface area is 472 Å². The number of nitro groups is 2. The summed E-state index contributed by atoms with van der Waals surface area (Å²) in [4.78, 5) is 141. The van der Waals surface area contributed by atoms with Crippen LogP contribution >= 0.6 is 0 Å². The van der Waals surface area contributed by atoms with Gasteiger partial charge in [-0.2, -0.15) is 0 Å². The number of hydrogen-bond acceptors (Lipinski definition) is 17. The number of carbonyl (C=O) groups is 9. The number of nitrogen functional groups attached to an aromatic ring is 1. The first-order valence-electron chi connectivity index (χ1n) is 27.4. The summed E-state index contributed by atoms with van der Waals surface area (Å²) in [6.07, 6.45) is 3.51. The quantitative estimate of drug-likeness (QED) is 0.0192. The summed E-state index contributed by atoms with van der Waals surface area (Å²) in [5.74, 6) is -7.53. The number of nitro benzene ring substituents is 2. The highest BCUT2D eigenvalue weighted by Crippen LogP contribution is 2.29. The Balaban J connectivity index is 2.23. The summed E-state index contributed by atoms with van der Waals surface area (Å²) >= 11 is 0. The Kier molecular flexibility index (Phi) is 31.0. The molecule has 0 radical (unpaired) electrons. The molecule has 7 atom stereocenters. The van der Waals surface area contributed by atoms with E-state index < -0.39 is 123 Å². The number of unbranched alkanes of at least 4 members (excludes halogenated alkanes) is 4. The molecule has 9 amide bonds. The van der Waals surface area contributed by atoms with Crippen molar-refractivity contribution in [3.8, 4) is 0 Å². The number of hydrogen-bond donors (Lipinski definition) is 13. The number of primary amides is 1. The van der Waals surface area contributed by atoms with Crippen molar-refractivity contribution < 1.29 is 53.0 Å². The van der Waals surface area contributed by atoms with E-state index in [1.54, 1.807) is 58.9 Å². The smallest absolute Gasteiger partial charge is 0.299 e. The van der Waals surface area contributed by atoms with Crippen LogP contribution in [0.5, 0.6) is 0 Å². The predicted molar refractivity (Wildman–Crippen MR) is 303 cm³/mol. The number of para-hydroxylation sites is 1. The van der Waals surface area contributed by atoms with E-state index in [0.717, 1.165) is 12.1 Å². The molecule has 0 saturated heterocycles. The van der Waals surface area contributed by atoms with Crippen LogP contribution in [0, 0.1) is 38.0 Å². The number of nitrogens with two attached hydrogens (primary N) is 4. The zero-order valence-electron chi connectivity index (χ0n) is 47.3. The first kappa shape index (κ1) is 69.1. The summed E-state index contributed by atoms with van der Waals surface area (Å²) in [6.45, 7) is 10.8. The second-order valence-corrected chi connectivity index (χ2v) is 20.5. The predicted octanol–water partition coefficient (Wildman–Crippen LogP) is 1.00. The number of nitrogens with zero attached hydrogens (tertiary/aromatic N) is 2. The van der Waals surface area contributed by atoms with Crippen molar-refractivity contribution in [3.63, 3.8) is 0 Å². The maximum absolute atomic E-state index is 14.2. The van der Waals surface area contributed by atoms with E-state index in [9.17, 15) is 63.4 Å². The molecule has 450 valence electrons. The molecule has 0 aliphatic rings. The topological polar surface area (TPSA) is 452 Å². The van der Waals surface area contributed by atoms with Gasteiger partial charge in [-0.3, -0.25) is 63.4 Å². The Morgan fingerprint density at radius 2 is 1.15 bits per heavy atom. The van der Waals surface area contributed by atoms with Crippen molar-refractivity contribution in [1.82, 2.24) is 42.5 Å². The maximum atomic E-state index is 14.2. The second-order valence-electron chi connectivity index (χ2n) is 20.5. The van der Waals surface area contributed by atoms with Crippen molar-refractivity contribution >= 4 is 75.9 Å². The molecular weight excluding hydrogens is 1050 g/mol. The van der Waals surface area contributed by atoms with Crippen LogP contribution in [0.25, 0.3) is 0 Å². The van der Waals surface area contributed by atoms with Crippen LogP contribution in [0.1, 0.15) is 129 Å². The number of benzene rings is 2. The lowest BCUT2D eigenvalue weighted by molar-refractivity contribution is -0.393. The lowest BCUT2D eigenvalue weighted by Crippen LogP contribution is -2.61. The van der Waals surface area contributed by atoms with E-state index in [0.29, 0.717) is 69.2 Å².